The first-order chi connectivity index (χ1) is 11.8. The zero-order valence-electron chi connectivity index (χ0n) is 13.6. The van der Waals surface area contributed by atoms with Gasteiger partial charge in [0.05, 0.1) is 10.6 Å². The summed E-state index contributed by atoms with van der Waals surface area (Å²) in [7, 11) is 0. The minimum Gasteiger partial charge on any atom is -0.449 e. The van der Waals surface area contributed by atoms with Gasteiger partial charge in [-0.2, -0.15) is 0 Å². The van der Waals surface area contributed by atoms with Crippen LogP contribution in [0.1, 0.15) is 24.2 Å². The van der Waals surface area contributed by atoms with Crippen molar-refractivity contribution in [2.24, 2.45) is 0 Å². The van der Waals surface area contributed by atoms with E-state index in [-0.39, 0.29) is 11.5 Å². The Morgan fingerprint density at radius 1 is 1.16 bits per heavy atom. The zero-order chi connectivity index (χ0) is 18.4. The molecule has 0 unspecified atom stereocenters. The summed E-state index contributed by atoms with van der Waals surface area (Å²) in [5, 5.41) is 5.53. The largest absolute Gasteiger partial charge is 0.449 e. The summed E-state index contributed by atoms with van der Waals surface area (Å²) in [5.74, 6) is -1.17. The molecule has 1 aromatic heterocycles. The van der Waals surface area contributed by atoms with Gasteiger partial charge in [-0.25, -0.2) is 9.78 Å². The van der Waals surface area contributed by atoms with Crippen molar-refractivity contribution >= 4 is 40.9 Å². The Morgan fingerprint density at radius 3 is 2.56 bits per heavy atom. The average Bonchev–Trinajstić information content (AvgIpc) is 2.56. The lowest BCUT2D eigenvalue weighted by atomic mass is 10.2. The summed E-state index contributed by atoms with van der Waals surface area (Å²) in [4.78, 5) is 39.2. The molecule has 2 N–H and O–H groups in total. The molecule has 0 saturated heterocycles. The molecule has 1 heterocycles. The van der Waals surface area contributed by atoms with Crippen molar-refractivity contribution in [3.63, 3.8) is 0 Å². The molecular formula is C17H16ClN3O4. The molecule has 7 nitrogen and oxygen atoms in total. The molecule has 25 heavy (non-hydrogen) atoms. The van der Waals surface area contributed by atoms with E-state index in [1.54, 1.807) is 18.2 Å². The average molecular weight is 362 g/mol. The molecule has 0 fully saturated rings. The Hall–Kier alpha value is -2.93. The Balaban J connectivity index is 1.98. The highest BCUT2D eigenvalue weighted by Gasteiger charge is 2.19. The molecule has 1 atom stereocenters. The molecule has 1 aromatic carbocycles. The number of hydrogen-bond acceptors (Lipinski definition) is 5. The van der Waals surface area contributed by atoms with E-state index in [0.29, 0.717) is 16.5 Å². The van der Waals surface area contributed by atoms with Gasteiger partial charge in [0.25, 0.3) is 5.91 Å². The predicted octanol–water partition coefficient (Wildman–Crippen LogP) is 2.88. The first-order valence-electron chi connectivity index (χ1n) is 7.36. The van der Waals surface area contributed by atoms with Crippen molar-refractivity contribution in [2.75, 3.05) is 10.6 Å². The number of carbonyl (C=O) groups is 3. The normalized spacial score (nSPS) is 11.3. The Morgan fingerprint density at radius 2 is 1.92 bits per heavy atom. The molecular weight excluding hydrogens is 346 g/mol. The van der Waals surface area contributed by atoms with Gasteiger partial charge in [-0.05, 0) is 37.3 Å². The topological polar surface area (TPSA) is 97.4 Å². The minimum absolute atomic E-state index is 0.218. The zero-order valence-corrected chi connectivity index (χ0v) is 14.3. The summed E-state index contributed by atoms with van der Waals surface area (Å²) < 4.78 is 5.14. The number of carbonyl (C=O) groups excluding carboxylic acids is 3. The molecule has 0 radical (unpaired) electrons. The summed E-state index contributed by atoms with van der Waals surface area (Å²) in [6, 6.07) is 9.35. The lowest BCUT2D eigenvalue weighted by Gasteiger charge is -2.13. The lowest BCUT2D eigenvalue weighted by molar-refractivity contribution is -0.123. The van der Waals surface area contributed by atoms with Gasteiger partial charge in [0.2, 0.25) is 5.91 Å². The fraction of sp³-hybridized carbons (Fsp3) is 0.176. The van der Waals surface area contributed by atoms with Crippen LogP contribution in [0, 0.1) is 0 Å². The second-order valence-electron chi connectivity index (χ2n) is 5.16. The van der Waals surface area contributed by atoms with Crippen molar-refractivity contribution in [1.29, 1.82) is 0 Å². The number of halogens is 1. The molecule has 0 saturated carbocycles. The van der Waals surface area contributed by atoms with E-state index in [2.05, 4.69) is 15.6 Å². The molecule has 0 bridgehead atoms. The third-order valence-corrected chi connectivity index (χ3v) is 3.27. The Bertz CT molecular complexity index is 793. The number of ether oxygens (including phenoxy) is 1. The Kier molecular flexibility index (Phi) is 6.08. The monoisotopic (exact) mass is 361 g/mol. The highest BCUT2D eigenvalue weighted by atomic mass is 35.5. The molecule has 2 rings (SSSR count). The van der Waals surface area contributed by atoms with E-state index in [4.69, 9.17) is 16.3 Å². The predicted molar refractivity (Wildman–Crippen MR) is 93.5 cm³/mol. The quantitative estimate of drug-likeness (QED) is 0.798. The molecule has 130 valence electrons. The first-order valence-corrected chi connectivity index (χ1v) is 7.74. The molecule has 0 aliphatic rings. The van der Waals surface area contributed by atoms with Gasteiger partial charge in [0, 0.05) is 18.8 Å². The highest BCUT2D eigenvalue weighted by molar-refractivity contribution is 6.30. The van der Waals surface area contributed by atoms with E-state index >= 15 is 0 Å². The summed E-state index contributed by atoms with van der Waals surface area (Å²) >= 11 is 5.72. The molecule has 0 aliphatic carbocycles. The number of pyridine rings is 1. The molecule has 8 heteroatoms. The number of nitrogens with one attached hydrogen (secondary N) is 2. The summed E-state index contributed by atoms with van der Waals surface area (Å²) in [5.41, 5.74) is 0.680. The fourth-order valence-electron chi connectivity index (χ4n) is 1.89. The van der Waals surface area contributed by atoms with Crippen LogP contribution in [-0.2, 0) is 14.3 Å². The molecule has 2 amide bonds. The van der Waals surface area contributed by atoms with Crippen LogP contribution in [0.3, 0.4) is 0 Å². The van der Waals surface area contributed by atoms with Gasteiger partial charge in [-0.15, -0.1) is 0 Å². The van der Waals surface area contributed by atoms with Crippen LogP contribution in [0.5, 0.6) is 0 Å². The number of rotatable bonds is 5. The van der Waals surface area contributed by atoms with E-state index in [1.165, 1.54) is 38.2 Å². The van der Waals surface area contributed by atoms with Crippen molar-refractivity contribution in [1.82, 2.24) is 4.98 Å². The number of esters is 1. The molecule has 0 spiro atoms. The number of amides is 2. The van der Waals surface area contributed by atoms with Gasteiger partial charge < -0.3 is 15.4 Å². The van der Waals surface area contributed by atoms with Crippen LogP contribution in [-0.4, -0.2) is 28.9 Å². The molecule has 0 aliphatic heterocycles. The fourth-order valence-corrected chi connectivity index (χ4v) is 2.00. The van der Waals surface area contributed by atoms with E-state index in [9.17, 15) is 14.4 Å². The van der Waals surface area contributed by atoms with Gasteiger partial charge in [-0.3, -0.25) is 9.59 Å². The maximum Gasteiger partial charge on any atom is 0.338 e. The number of anilines is 2. The number of benzene rings is 1. The van der Waals surface area contributed by atoms with Gasteiger partial charge in [-0.1, -0.05) is 17.7 Å². The number of nitrogens with zero attached hydrogens (tertiary/aromatic N) is 1. The lowest BCUT2D eigenvalue weighted by Crippen LogP contribution is -2.30. The summed E-state index contributed by atoms with van der Waals surface area (Å²) in [6.45, 7) is 2.81. The second-order valence-corrected chi connectivity index (χ2v) is 5.60. The number of hydrogen-bond donors (Lipinski definition) is 2. The van der Waals surface area contributed by atoms with Crippen molar-refractivity contribution in [3.05, 3.63) is 53.2 Å². The van der Waals surface area contributed by atoms with Crippen molar-refractivity contribution in [3.8, 4) is 0 Å². The van der Waals surface area contributed by atoms with Gasteiger partial charge >= 0.3 is 5.97 Å². The summed E-state index contributed by atoms with van der Waals surface area (Å²) in [6.07, 6.45) is 0.357. The van der Waals surface area contributed by atoms with Crippen LogP contribution in [0.25, 0.3) is 0 Å². The maximum atomic E-state index is 12.1. The van der Waals surface area contributed by atoms with Crippen LogP contribution in [0.2, 0.25) is 5.02 Å². The van der Waals surface area contributed by atoms with Gasteiger partial charge in [0.1, 0.15) is 5.82 Å². The second kappa shape index (κ2) is 8.25. The third-order valence-electron chi connectivity index (χ3n) is 3.05. The van der Waals surface area contributed by atoms with E-state index < -0.39 is 18.0 Å². The first kappa shape index (κ1) is 18.4. The van der Waals surface area contributed by atoms with Gasteiger partial charge in [0.15, 0.2) is 6.10 Å². The van der Waals surface area contributed by atoms with E-state index in [0.717, 1.165) is 0 Å². The van der Waals surface area contributed by atoms with E-state index in [1.807, 2.05) is 0 Å². The Labute approximate surface area is 149 Å². The van der Waals surface area contributed by atoms with Crippen LogP contribution >= 0.6 is 11.6 Å². The van der Waals surface area contributed by atoms with Crippen LogP contribution < -0.4 is 10.6 Å². The highest BCUT2D eigenvalue weighted by Crippen LogP contribution is 2.14. The third kappa shape index (κ3) is 5.58. The SMILES string of the molecule is CC(=O)Nc1cccc(C(=O)O[C@@H](C)C(=O)Nc2ccc(Cl)cn2)c1. The van der Waals surface area contributed by atoms with Crippen LogP contribution in [0.15, 0.2) is 42.6 Å². The maximum absolute atomic E-state index is 12.1. The minimum atomic E-state index is -1.03. The molecule has 2 aromatic rings. The smallest absolute Gasteiger partial charge is 0.338 e. The van der Waals surface area contributed by atoms with Crippen LogP contribution in [0.4, 0.5) is 11.5 Å². The van der Waals surface area contributed by atoms with Crippen molar-refractivity contribution in [2.45, 2.75) is 20.0 Å². The van der Waals surface area contributed by atoms with Crippen molar-refractivity contribution < 1.29 is 19.1 Å². The standard InChI is InChI=1S/C17H16ClN3O4/c1-10(16(23)21-15-7-6-13(18)9-19-15)25-17(24)12-4-3-5-14(8-12)20-11(2)22/h3-10H,1-2H3,(H,20,22)(H,19,21,23)/t10-/m0/s1. The number of aromatic nitrogens is 1.